The number of anilines is 1. The Balaban J connectivity index is 1.89. The maximum absolute atomic E-state index is 14.4. The number of carbonyl (C=O) groups is 1. The maximum Gasteiger partial charge on any atom is 0.366 e. The minimum atomic E-state index is -1.93. The van der Waals surface area contributed by atoms with Crippen molar-refractivity contribution in [3.05, 3.63) is 69.7 Å². The summed E-state index contributed by atoms with van der Waals surface area (Å²) in [6.07, 6.45) is 0.0861. The van der Waals surface area contributed by atoms with Crippen LogP contribution in [0.5, 0.6) is 0 Å². The van der Waals surface area contributed by atoms with Gasteiger partial charge in [0.25, 0.3) is 5.91 Å². The number of nitrogens with zero attached hydrogens (tertiary/aromatic N) is 1. The summed E-state index contributed by atoms with van der Waals surface area (Å²) in [6.45, 7) is 6.31. The molecule has 8 heteroatoms. The topological polar surface area (TPSA) is 92.4 Å². The molecule has 31 heavy (non-hydrogen) atoms. The molecule has 3 aromatic rings. The van der Waals surface area contributed by atoms with Crippen LogP contribution in [0.1, 0.15) is 44.9 Å². The van der Waals surface area contributed by atoms with E-state index in [1.807, 2.05) is 0 Å². The van der Waals surface area contributed by atoms with Gasteiger partial charge < -0.3 is 14.9 Å². The van der Waals surface area contributed by atoms with Gasteiger partial charge in [-0.3, -0.25) is 4.79 Å². The molecule has 1 heterocycles. The molecule has 1 amide bonds. The quantitative estimate of drug-likeness (QED) is 0.611. The van der Waals surface area contributed by atoms with Crippen molar-refractivity contribution >= 4 is 22.4 Å². The van der Waals surface area contributed by atoms with Crippen LogP contribution in [0.3, 0.4) is 0 Å². The van der Waals surface area contributed by atoms with Gasteiger partial charge in [-0.15, -0.1) is 0 Å². The third-order valence-corrected chi connectivity index (χ3v) is 5.72. The molecule has 164 valence electrons. The largest absolute Gasteiger partial charge is 0.380 e. The Morgan fingerprint density at radius 2 is 1.81 bits per heavy atom. The fourth-order valence-electron chi connectivity index (χ4n) is 3.88. The van der Waals surface area contributed by atoms with Gasteiger partial charge in [-0.2, -0.15) is 0 Å². The Bertz CT molecular complexity index is 1190. The van der Waals surface area contributed by atoms with Gasteiger partial charge in [0, 0.05) is 22.1 Å². The highest BCUT2D eigenvalue weighted by Crippen LogP contribution is 2.39. The highest BCUT2D eigenvalue weighted by molar-refractivity contribution is 5.99. The van der Waals surface area contributed by atoms with Crippen molar-refractivity contribution in [1.82, 2.24) is 5.16 Å². The number of fused-ring (bicyclic) bond motifs is 1. The zero-order valence-corrected chi connectivity index (χ0v) is 17.8. The molecule has 0 radical (unpaired) electrons. The van der Waals surface area contributed by atoms with E-state index < -0.39 is 34.2 Å². The zero-order valence-electron chi connectivity index (χ0n) is 17.8. The highest BCUT2D eigenvalue weighted by Gasteiger charge is 2.41. The molecule has 2 aromatic carbocycles. The average Bonchev–Trinajstić information content (AvgIpc) is 2.70. The van der Waals surface area contributed by atoms with Gasteiger partial charge in [0.1, 0.15) is 17.2 Å². The highest BCUT2D eigenvalue weighted by atomic mass is 19.1. The molecule has 2 unspecified atom stereocenters. The van der Waals surface area contributed by atoms with Crippen molar-refractivity contribution in [1.29, 1.82) is 0 Å². The molecule has 0 spiro atoms. The second kappa shape index (κ2) is 8.19. The van der Waals surface area contributed by atoms with Crippen LogP contribution in [0.15, 0.2) is 45.7 Å². The molecule has 2 N–H and O–H groups in total. The van der Waals surface area contributed by atoms with E-state index in [1.54, 1.807) is 26.8 Å². The van der Waals surface area contributed by atoms with Crippen molar-refractivity contribution in [2.24, 2.45) is 0 Å². The van der Waals surface area contributed by atoms with Crippen LogP contribution in [0.4, 0.5) is 14.5 Å². The molecule has 0 saturated heterocycles. The van der Waals surface area contributed by atoms with E-state index in [0.29, 0.717) is 28.6 Å². The molecule has 6 nitrogen and oxygen atoms in total. The summed E-state index contributed by atoms with van der Waals surface area (Å²) < 4.78 is 33.5. The van der Waals surface area contributed by atoms with Crippen LogP contribution in [0.2, 0.25) is 0 Å². The molecule has 0 aliphatic heterocycles. The molecule has 2 atom stereocenters. The lowest BCUT2D eigenvalue weighted by Gasteiger charge is -2.36. The van der Waals surface area contributed by atoms with Crippen molar-refractivity contribution in [2.45, 2.75) is 51.6 Å². The standard InChI is InChI=1S/C23H24F2N2O4/c1-5-22(3,19-17(24)7-6-8-18(19)25)12-23(4,30)21(29)26-14-9-10-15-16(11-14)13(2)27-31-20(15)28/h6-11,30H,5,12H2,1-4H3,(H,26,29). The van der Waals surface area contributed by atoms with Crippen molar-refractivity contribution < 1.29 is 23.2 Å². The minimum absolute atomic E-state index is 0.162. The third-order valence-electron chi connectivity index (χ3n) is 5.72. The molecule has 0 fully saturated rings. The molecule has 0 aliphatic carbocycles. The maximum atomic E-state index is 14.4. The normalized spacial score (nSPS) is 15.3. The van der Waals surface area contributed by atoms with Gasteiger partial charge >= 0.3 is 5.63 Å². The van der Waals surface area contributed by atoms with Crippen LogP contribution in [-0.2, 0) is 10.2 Å². The van der Waals surface area contributed by atoms with Crippen LogP contribution in [0, 0.1) is 18.6 Å². The number of amides is 1. The monoisotopic (exact) mass is 430 g/mol. The first-order valence-corrected chi connectivity index (χ1v) is 9.87. The summed E-state index contributed by atoms with van der Waals surface area (Å²) in [5.41, 5.74) is -3.02. The molecule has 0 saturated carbocycles. The van der Waals surface area contributed by atoms with Crippen LogP contribution < -0.4 is 10.9 Å². The van der Waals surface area contributed by atoms with E-state index in [2.05, 4.69) is 15.0 Å². The Kier molecular flexibility index (Phi) is 5.96. The van der Waals surface area contributed by atoms with Gasteiger partial charge in [-0.05, 0) is 57.0 Å². The number of benzene rings is 2. The van der Waals surface area contributed by atoms with Crippen molar-refractivity contribution in [3.8, 4) is 0 Å². The molecule has 1 aromatic heterocycles. The first kappa shape index (κ1) is 22.6. The molecule has 0 bridgehead atoms. The summed E-state index contributed by atoms with van der Waals surface area (Å²) in [7, 11) is 0. The second-order valence-electron chi connectivity index (χ2n) is 8.23. The van der Waals surface area contributed by atoms with Crippen LogP contribution in [0.25, 0.3) is 10.8 Å². The predicted molar refractivity (Wildman–Crippen MR) is 113 cm³/mol. The lowest BCUT2D eigenvalue weighted by Crippen LogP contribution is -2.45. The lowest BCUT2D eigenvalue weighted by atomic mass is 9.71. The number of hydrogen-bond acceptors (Lipinski definition) is 5. The van der Waals surface area contributed by atoms with E-state index in [1.165, 1.54) is 25.1 Å². The number of nitrogens with one attached hydrogen (secondary N) is 1. The smallest absolute Gasteiger partial charge is 0.366 e. The van der Waals surface area contributed by atoms with Crippen LogP contribution in [-0.4, -0.2) is 21.8 Å². The van der Waals surface area contributed by atoms with Gasteiger partial charge in [-0.1, -0.05) is 25.1 Å². The zero-order chi connectivity index (χ0) is 23.0. The Hall–Kier alpha value is -3.13. The summed E-state index contributed by atoms with van der Waals surface area (Å²) in [5.74, 6) is -2.19. The van der Waals surface area contributed by atoms with Crippen LogP contribution >= 0.6 is 0 Å². The lowest BCUT2D eigenvalue weighted by molar-refractivity contribution is -0.134. The van der Waals surface area contributed by atoms with Crippen molar-refractivity contribution in [3.63, 3.8) is 0 Å². The average molecular weight is 430 g/mol. The summed E-state index contributed by atoms with van der Waals surface area (Å²) in [4.78, 5) is 24.7. The number of hydrogen-bond donors (Lipinski definition) is 2. The molecular weight excluding hydrogens is 406 g/mol. The summed E-state index contributed by atoms with van der Waals surface area (Å²) in [6, 6.07) is 8.13. The fraction of sp³-hybridized carbons (Fsp3) is 0.348. The fourth-order valence-corrected chi connectivity index (χ4v) is 3.88. The second-order valence-corrected chi connectivity index (χ2v) is 8.23. The number of aryl methyl sites for hydroxylation is 1. The van der Waals surface area contributed by atoms with Gasteiger partial charge in [-0.25, -0.2) is 13.6 Å². The Morgan fingerprint density at radius 1 is 1.16 bits per heavy atom. The first-order chi connectivity index (χ1) is 14.5. The van der Waals surface area contributed by atoms with Gasteiger partial charge in [0.05, 0.1) is 11.1 Å². The van der Waals surface area contributed by atoms with E-state index in [0.717, 1.165) is 12.1 Å². The van der Waals surface area contributed by atoms with E-state index in [4.69, 9.17) is 0 Å². The summed E-state index contributed by atoms with van der Waals surface area (Å²) >= 11 is 0. The van der Waals surface area contributed by atoms with Gasteiger partial charge in [0.15, 0.2) is 0 Å². The summed E-state index contributed by atoms with van der Waals surface area (Å²) in [5, 5.41) is 18.0. The number of rotatable bonds is 6. The van der Waals surface area contributed by atoms with E-state index in [-0.39, 0.29) is 12.0 Å². The number of halogens is 2. The predicted octanol–water partition coefficient (Wildman–Crippen LogP) is 4.22. The Morgan fingerprint density at radius 3 is 2.42 bits per heavy atom. The number of aliphatic hydroxyl groups is 1. The first-order valence-electron chi connectivity index (χ1n) is 9.87. The molecule has 3 rings (SSSR count). The number of carbonyl (C=O) groups excluding carboxylic acids is 1. The van der Waals surface area contributed by atoms with E-state index in [9.17, 15) is 23.5 Å². The van der Waals surface area contributed by atoms with Gasteiger partial charge in [0.2, 0.25) is 0 Å². The third kappa shape index (κ3) is 4.34. The van der Waals surface area contributed by atoms with Crippen molar-refractivity contribution in [2.75, 3.05) is 5.32 Å². The SMILES string of the molecule is CCC(C)(CC(C)(O)C(=O)Nc1ccc2c(=O)onc(C)c2c1)c1c(F)cccc1F. The Labute approximate surface area is 177 Å². The van der Waals surface area contributed by atoms with E-state index >= 15 is 0 Å². The number of aromatic nitrogens is 1. The minimum Gasteiger partial charge on any atom is -0.380 e. The molecule has 0 aliphatic rings. The molecular formula is C23H24F2N2O4.